The Morgan fingerprint density at radius 2 is 0.909 bits per heavy atom. The van der Waals surface area contributed by atoms with E-state index >= 15 is 0 Å². The van der Waals surface area contributed by atoms with Crippen LogP contribution in [0.15, 0.2) is 0 Å². The summed E-state index contributed by atoms with van der Waals surface area (Å²) >= 11 is 0. The molecule has 0 aliphatic rings. The Kier molecular flexibility index (Phi) is 9.27. The Labute approximate surface area is 73.5 Å². The van der Waals surface area contributed by atoms with Crippen molar-refractivity contribution in [2.45, 2.75) is 0 Å². The van der Waals surface area contributed by atoms with Gasteiger partial charge in [0.05, 0.1) is 0 Å². The molecule has 0 heterocycles. The zero-order valence-electron chi connectivity index (χ0n) is 4.57. The van der Waals surface area contributed by atoms with Crippen molar-refractivity contribution in [3.8, 4) is 0 Å². The Morgan fingerprint density at radius 3 is 0.909 bits per heavy atom. The third-order valence-electron chi connectivity index (χ3n) is 0. The van der Waals surface area contributed by atoms with Crippen LogP contribution in [0.3, 0.4) is 0 Å². The molecule has 0 aromatic heterocycles. The monoisotopic (exact) mass is 246 g/mol. The van der Waals surface area contributed by atoms with E-state index in [1.807, 2.05) is 0 Å². The predicted octanol–water partition coefficient (Wildman–Crippen LogP) is -1.99. The molecule has 0 fully saturated rings. The van der Waals surface area contributed by atoms with Gasteiger partial charge in [0, 0.05) is 10.4 Å². The maximum absolute atomic E-state index is 8.74. The van der Waals surface area contributed by atoms with Gasteiger partial charge in [-0.25, -0.2) is 0 Å². The topological polar surface area (TPSA) is 155 Å². The van der Waals surface area contributed by atoms with E-state index in [2.05, 4.69) is 0 Å². The largest absolute Gasteiger partial charge is 2.00 e. The molecule has 0 saturated heterocycles. The van der Waals surface area contributed by atoms with Crippen molar-refractivity contribution in [1.29, 1.82) is 0 Å². The third kappa shape index (κ3) is 9470. The van der Waals surface area contributed by atoms with E-state index in [-0.39, 0.29) is 17.4 Å². The van der Waals surface area contributed by atoms with Gasteiger partial charge in [-0.2, -0.15) is 8.42 Å². The van der Waals surface area contributed by atoms with Gasteiger partial charge in [0.1, 0.15) is 0 Å². The summed E-state index contributed by atoms with van der Waals surface area (Å²) in [6.07, 6.45) is 0. The summed E-state index contributed by atoms with van der Waals surface area (Å²) in [5.74, 6) is 0. The molecular weight excluding hydrogens is 244 g/mol. The van der Waals surface area contributed by atoms with Crippen LogP contribution in [0.5, 0.6) is 0 Å². The van der Waals surface area contributed by atoms with Crippen LogP contribution in [0, 0.1) is 0 Å². The zero-order chi connectivity index (χ0) is 9.00. The number of hydrogen-bond acceptors (Lipinski definition) is 6. The minimum absolute atomic E-state index is 0. The quantitative estimate of drug-likeness (QED) is 0.367. The van der Waals surface area contributed by atoms with Crippen LogP contribution in [0.1, 0.15) is 0 Å². The number of hydrogen-bond donors (Lipinski definition) is 2. The van der Waals surface area contributed by atoms with Crippen LogP contribution in [0.25, 0.3) is 0 Å². The Bertz CT molecular complexity index is 208. The fourth-order valence-electron chi connectivity index (χ4n) is 0. The molecule has 0 spiro atoms. The van der Waals surface area contributed by atoms with Crippen LogP contribution in [0.2, 0.25) is 0 Å². The molecule has 8 nitrogen and oxygen atoms in total. The first-order valence-corrected chi connectivity index (χ1v) is 4.10. The molecule has 11 heavy (non-hydrogen) atoms. The smallest absolute Gasteiger partial charge is 0.759 e. The van der Waals surface area contributed by atoms with E-state index in [0.717, 1.165) is 0 Å². The van der Waals surface area contributed by atoms with Crippen LogP contribution < -0.4 is 0 Å². The fraction of sp³-hybridized carbons (Fsp3) is 0. The average molecular weight is 246 g/mol. The first kappa shape index (κ1) is 17.4. The number of rotatable bonds is 0. The van der Waals surface area contributed by atoms with Crippen LogP contribution >= 0.6 is 0 Å². The second-order valence-corrected chi connectivity index (χ2v) is 2.57. The first-order chi connectivity index (χ1) is 4.00. The Balaban J connectivity index is -0.000000107. The Morgan fingerprint density at radius 1 is 0.909 bits per heavy atom. The summed E-state index contributed by atoms with van der Waals surface area (Å²) in [5, 5.41) is 0. The second kappa shape index (κ2) is 5.86. The van der Waals surface area contributed by atoms with Crippen molar-refractivity contribution in [2.24, 2.45) is 0 Å². The summed E-state index contributed by atoms with van der Waals surface area (Å²) in [6.45, 7) is 0. The van der Waals surface area contributed by atoms with Gasteiger partial charge in [0.2, 0.25) is 0 Å². The molecule has 0 radical (unpaired) electrons. The van der Waals surface area contributed by atoms with Gasteiger partial charge in [-0.3, -0.25) is 17.5 Å². The molecule has 0 aromatic carbocycles. The van der Waals surface area contributed by atoms with Crippen molar-refractivity contribution in [3.05, 3.63) is 0 Å². The van der Waals surface area contributed by atoms with Gasteiger partial charge in [-0.05, 0) is 0 Å². The van der Waals surface area contributed by atoms with Gasteiger partial charge in [-0.15, -0.1) is 0 Å². The minimum Gasteiger partial charge on any atom is -0.759 e. The molecule has 0 aliphatic carbocycles. The Hall–Kier alpha value is 0.272. The normalized spacial score (nSPS) is 10.5. The fourth-order valence-corrected chi connectivity index (χ4v) is 0. The molecule has 11 heteroatoms. The molecule has 0 rings (SSSR count). The molecule has 0 aliphatic heterocycles. The predicted molar refractivity (Wildman–Crippen MR) is 24.7 cm³/mol. The van der Waals surface area contributed by atoms with Gasteiger partial charge in [0.25, 0.3) is 0 Å². The van der Waals surface area contributed by atoms with Crippen LogP contribution in [-0.4, -0.2) is 35.0 Å². The van der Waals surface area contributed by atoms with E-state index in [4.69, 9.17) is 35.0 Å². The molecular formula is H2CrO8S2. The summed E-state index contributed by atoms with van der Waals surface area (Å²) in [4.78, 5) is 0. The minimum atomic E-state index is -5.17. The van der Waals surface area contributed by atoms with Crippen molar-refractivity contribution in [3.63, 3.8) is 0 Å². The molecule has 0 bridgehead atoms. The third-order valence-corrected chi connectivity index (χ3v) is 0. The van der Waals surface area contributed by atoms with E-state index in [9.17, 15) is 0 Å². The van der Waals surface area contributed by atoms with Gasteiger partial charge in [0.15, 0.2) is 0 Å². The SMILES string of the molecule is O=S(=O)(O)O.O=S(=O)([O-])[O-].[Cr+2]. The molecule has 2 N–H and O–H groups in total. The van der Waals surface area contributed by atoms with Crippen molar-refractivity contribution in [1.82, 2.24) is 0 Å². The van der Waals surface area contributed by atoms with E-state index in [0.29, 0.717) is 0 Å². The van der Waals surface area contributed by atoms with Crippen LogP contribution in [-0.2, 0) is 38.2 Å². The molecule has 0 saturated carbocycles. The van der Waals surface area contributed by atoms with E-state index < -0.39 is 20.8 Å². The van der Waals surface area contributed by atoms with Crippen molar-refractivity contribution < 1.29 is 52.4 Å². The summed E-state index contributed by atoms with van der Waals surface area (Å²) in [5.41, 5.74) is 0. The van der Waals surface area contributed by atoms with E-state index in [1.165, 1.54) is 0 Å². The maximum atomic E-state index is 8.74. The van der Waals surface area contributed by atoms with E-state index in [1.54, 1.807) is 0 Å². The van der Waals surface area contributed by atoms with Crippen molar-refractivity contribution >= 4 is 20.8 Å². The first-order valence-electron chi connectivity index (χ1n) is 1.37. The van der Waals surface area contributed by atoms with Crippen molar-refractivity contribution in [2.75, 3.05) is 0 Å². The van der Waals surface area contributed by atoms with Gasteiger partial charge >= 0.3 is 27.8 Å². The van der Waals surface area contributed by atoms with Gasteiger partial charge < -0.3 is 9.11 Å². The molecule has 0 amide bonds. The van der Waals surface area contributed by atoms with Crippen LogP contribution in [0.4, 0.5) is 0 Å². The molecule has 0 aromatic rings. The summed E-state index contributed by atoms with van der Waals surface area (Å²) in [7, 11) is -9.83. The summed E-state index contributed by atoms with van der Waals surface area (Å²) < 4.78 is 65.7. The van der Waals surface area contributed by atoms with Gasteiger partial charge in [-0.1, -0.05) is 0 Å². The zero-order valence-corrected chi connectivity index (χ0v) is 7.48. The standard InChI is InChI=1S/Cr.2H2O4S/c;2*1-5(2,3)4/h;2*(H2,1,2,3,4)/q+2;;/p-2. The second-order valence-electron chi connectivity index (χ2n) is 0.856. The average Bonchev–Trinajstić information content (AvgIpc) is 1.12. The molecule has 0 atom stereocenters. The summed E-state index contributed by atoms with van der Waals surface area (Å²) in [6, 6.07) is 0. The molecule has 0 unspecified atom stereocenters. The maximum Gasteiger partial charge on any atom is 2.00 e. The molecule has 68 valence electrons.